The van der Waals surface area contributed by atoms with Crippen molar-refractivity contribution >= 4 is 11.6 Å². The van der Waals surface area contributed by atoms with Crippen molar-refractivity contribution in [2.45, 2.75) is 51.9 Å². The van der Waals surface area contributed by atoms with Gasteiger partial charge >= 0.3 is 6.01 Å². The molecule has 1 aliphatic heterocycles. The number of rotatable bonds is 6. The lowest BCUT2D eigenvalue weighted by Crippen LogP contribution is -2.35. The zero-order valence-electron chi connectivity index (χ0n) is 17.2. The van der Waals surface area contributed by atoms with Gasteiger partial charge in [-0.15, -0.1) is 0 Å². The van der Waals surface area contributed by atoms with Crippen molar-refractivity contribution in [3.8, 4) is 5.75 Å². The van der Waals surface area contributed by atoms with E-state index in [0.29, 0.717) is 24.3 Å². The maximum absolute atomic E-state index is 14.5. The summed E-state index contributed by atoms with van der Waals surface area (Å²) in [5.41, 5.74) is 2.20. The van der Waals surface area contributed by atoms with E-state index in [9.17, 15) is 4.39 Å². The Morgan fingerprint density at radius 3 is 2.76 bits per heavy atom. The van der Waals surface area contributed by atoms with Crippen LogP contribution in [0.25, 0.3) is 5.57 Å². The largest absolute Gasteiger partial charge is 0.490 e. The number of halogens is 1. The van der Waals surface area contributed by atoms with Gasteiger partial charge in [-0.25, -0.2) is 4.39 Å². The summed E-state index contributed by atoms with van der Waals surface area (Å²) in [7, 11) is 0. The van der Waals surface area contributed by atoms with Gasteiger partial charge in [0.2, 0.25) is 0 Å². The second kappa shape index (κ2) is 8.97. The van der Waals surface area contributed by atoms with Crippen LogP contribution >= 0.6 is 0 Å². The molecule has 0 amide bonds. The number of anilines is 1. The molecular formula is C23H29FN3O2. The van der Waals surface area contributed by atoms with Gasteiger partial charge in [0.05, 0.1) is 6.61 Å². The molecule has 2 heterocycles. The molecule has 1 aromatic heterocycles. The summed E-state index contributed by atoms with van der Waals surface area (Å²) >= 11 is 0. The Bertz CT molecular complexity index is 854. The quantitative estimate of drug-likeness (QED) is 0.652. The highest BCUT2D eigenvalue weighted by Crippen LogP contribution is 2.30. The van der Waals surface area contributed by atoms with Crippen LogP contribution < -0.4 is 9.64 Å². The van der Waals surface area contributed by atoms with Crippen LogP contribution in [-0.4, -0.2) is 29.8 Å². The molecule has 1 fully saturated rings. The Balaban J connectivity index is 1.28. The topological polar surface area (TPSA) is 51.4 Å². The summed E-state index contributed by atoms with van der Waals surface area (Å²) in [6.07, 6.45) is 9.37. The molecule has 2 aromatic rings. The van der Waals surface area contributed by atoms with Gasteiger partial charge in [-0.2, -0.15) is 4.98 Å². The lowest BCUT2D eigenvalue weighted by molar-refractivity contribution is 0.213. The van der Waals surface area contributed by atoms with Crippen molar-refractivity contribution in [2.75, 3.05) is 24.6 Å². The van der Waals surface area contributed by atoms with Gasteiger partial charge in [0.1, 0.15) is 0 Å². The minimum atomic E-state index is -0.275. The number of nitrogens with zero attached hydrogens (tertiary/aromatic N) is 3. The van der Waals surface area contributed by atoms with E-state index in [-0.39, 0.29) is 11.7 Å². The second-order valence-electron chi connectivity index (χ2n) is 8.27. The van der Waals surface area contributed by atoms with Crippen LogP contribution in [-0.2, 0) is 0 Å². The molecule has 0 atom stereocenters. The molecule has 1 aliphatic carbocycles. The van der Waals surface area contributed by atoms with Crippen molar-refractivity contribution in [1.29, 1.82) is 0 Å². The normalized spacial score (nSPS) is 18.2. The van der Waals surface area contributed by atoms with E-state index >= 15 is 0 Å². The Kier molecular flexibility index (Phi) is 6.16. The summed E-state index contributed by atoms with van der Waals surface area (Å²) in [6, 6.07) is 5.95. The summed E-state index contributed by atoms with van der Waals surface area (Å²) < 4.78 is 25.7. The zero-order valence-corrected chi connectivity index (χ0v) is 17.2. The predicted octanol–water partition coefficient (Wildman–Crippen LogP) is 5.40. The molecule has 1 aromatic carbocycles. The third-order valence-corrected chi connectivity index (χ3v) is 5.76. The molecule has 1 radical (unpaired) electrons. The molecule has 0 spiro atoms. The first-order chi connectivity index (χ1) is 14.1. The zero-order chi connectivity index (χ0) is 20.2. The summed E-state index contributed by atoms with van der Waals surface area (Å²) in [5.74, 6) is 1.47. The number of ether oxygens (including phenoxy) is 1. The third-order valence-electron chi connectivity index (χ3n) is 5.76. The number of allylic oxidation sites excluding steroid dienone is 2. The van der Waals surface area contributed by atoms with Gasteiger partial charge in [0.15, 0.2) is 17.4 Å². The third kappa shape index (κ3) is 4.80. The van der Waals surface area contributed by atoms with E-state index in [0.717, 1.165) is 56.6 Å². The van der Waals surface area contributed by atoms with Gasteiger partial charge in [0, 0.05) is 19.0 Å². The van der Waals surface area contributed by atoms with Gasteiger partial charge in [0.25, 0.3) is 0 Å². The number of hydrogen-bond donors (Lipinski definition) is 0. The van der Waals surface area contributed by atoms with Crippen molar-refractivity contribution in [1.82, 2.24) is 10.1 Å². The van der Waals surface area contributed by atoms with Crippen LogP contribution in [0.4, 0.5) is 10.4 Å². The molecule has 0 saturated carbocycles. The standard InChI is InChI=1S/C23H29FN3O2/c1-16(2)22-25-23(29-26-22)27-12-10-17(11-13-27)15-28-21-9-8-19(14-20(21)24)18-6-4-3-5-7-18/h3,6,8-9,14,16-17H,4-5,7,10-13,15H2,1-2H3. The fraction of sp³-hybridized carbons (Fsp3) is 0.522. The van der Waals surface area contributed by atoms with Crippen LogP contribution in [0.2, 0.25) is 0 Å². The van der Waals surface area contributed by atoms with Gasteiger partial charge in [-0.3, -0.25) is 0 Å². The van der Waals surface area contributed by atoms with Crippen molar-refractivity contribution in [3.63, 3.8) is 0 Å². The maximum atomic E-state index is 14.5. The van der Waals surface area contributed by atoms with Crippen LogP contribution in [0.3, 0.4) is 0 Å². The van der Waals surface area contributed by atoms with Gasteiger partial charge < -0.3 is 14.2 Å². The SMILES string of the molecule is CC(C)c1noc(N2CCC(COc3ccc(C4=CC[CH]CC4)cc3F)CC2)n1. The summed E-state index contributed by atoms with van der Waals surface area (Å²) in [5, 5.41) is 4.04. The fourth-order valence-corrected chi connectivity index (χ4v) is 3.87. The smallest absolute Gasteiger partial charge is 0.324 e. The van der Waals surface area contributed by atoms with Crippen LogP contribution in [0, 0.1) is 18.2 Å². The molecule has 1 saturated heterocycles. The van der Waals surface area contributed by atoms with E-state index in [4.69, 9.17) is 9.26 Å². The highest BCUT2D eigenvalue weighted by atomic mass is 19.1. The first kappa shape index (κ1) is 19.9. The van der Waals surface area contributed by atoms with Crippen LogP contribution in [0.15, 0.2) is 28.8 Å². The molecule has 0 unspecified atom stereocenters. The Morgan fingerprint density at radius 2 is 2.10 bits per heavy atom. The summed E-state index contributed by atoms with van der Waals surface area (Å²) in [4.78, 5) is 6.60. The Hall–Kier alpha value is -2.37. The van der Waals surface area contributed by atoms with Gasteiger partial charge in [-0.05, 0) is 67.7 Å². The van der Waals surface area contributed by atoms with Crippen molar-refractivity contribution in [2.24, 2.45) is 5.92 Å². The number of aromatic nitrogens is 2. The molecule has 4 rings (SSSR count). The van der Waals surface area contributed by atoms with Crippen molar-refractivity contribution < 1.29 is 13.7 Å². The number of hydrogen-bond acceptors (Lipinski definition) is 5. The average Bonchev–Trinajstić information content (AvgIpc) is 3.24. The van der Waals surface area contributed by atoms with Crippen LogP contribution in [0.1, 0.15) is 63.3 Å². The monoisotopic (exact) mass is 398 g/mol. The number of benzene rings is 1. The van der Waals surface area contributed by atoms with E-state index in [2.05, 4.69) is 41.4 Å². The number of piperidine rings is 1. The predicted molar refractivity (Wildman–Crippen MR) is 111 cm³/mol. The van der Waals surface area contributed by atoms with E-state index < -0.39 is 0 Å². The summed E-state index contributed by atoms with van der Waals surface area (Å²) in [6.45, 7) is 6.33. The lowest BCUT2D eigenvalue weighted by Gasteiger charge is -2.30. The first-order valence-corrected chi connectivity index (χ1v) is 10.6. The lowest BCUT2D eigenvalue weighted by atomic mass is 9.93. The fourth-order valence-electron chi connectivity index (χ4n) is 3.87. The Labute approximate surface area is 171 Å². The molecular weight excluding hydrogens is 369 g/mol. The second-order valence-corrected chi connectivity index (χ2v) is 8.27. The molecule has 0 N–H and O–H groups in total. The molecule has 5 nitrogen and oxygen atoms in total. The molecule has 155 valence electrons. The molecule has 0 bridgehead atoms. The molecule has 6 heteroatoms. The van der Waals surface area contributed by atoms with E-state index in [1.54, 1.807) is 12.1 Å². The highest BCUT2D eigenvalue weighted by Gasteiger charge is 2.24. The minimum absolute atomic E-state index is 0.257. The van der Waals surface area contributed by atoms with E-state index in [1.807, 2.05) is 6.07 Å². The molecule has 2 aliphatic rings. The Morgan fingerprint density at radius 1 is 1.28 bits per heavy atom. The maximum Gasteiger partial charge on any atom is 0.324 e. The van der Waals surface area contributed by atoms with Gasteiger partial charge in [-0.1, -0.05) is 31.1 Å². The average molecular weight is 399 g/mol. The minimum Gasteiger partial charge on any atom is -0.490 e. The van der Waals surface area contributed by atoms with E-state index in [1.165, 1.54) is 5.57 Å². The molecule has 29 heavy (non-hydrogen) atoms. The highest BCUT2D eigenvalue weighted by molar-refractivity contribution is 5.67. The van der Waals surface area contributed by atoms with Crippen molar-refractivity contribution in [3.05, 3.63) is 47.9 Å². The first-order valence-electron chi connectivity index (χ1n) is 10.6. The van der Waals surface area contributed by atoms with Crippen LogP contribution in [0.5, 0.6) is 5.75 Å².